The zero-order valence-electron chi connectivity index (χ0n) is 8.69. The molecule has 2 aromatic carbocycles. The fourth-order valence-corrected chi connectivity index (χ4v) is 1.89. The normalized spacial score (nSPS) is 10.1. The number of anilines is 1. The molecular weight excluding hydrogens is 313 g/mol. The standard InChI is InChI=1S/C13H12INO/c14-13-11(15)7-4-8-12(13)16-9-10-5-2-1-3-6-10/h1-8H,9,15H2. The lowest BCUT2D eigenvalue weighted by Crippen LogP contribution is -1.98. The fourth-order valence-electron chi connectivity index (χ4n) is 1.37. The quantitative estimate of drug-likeness (QED) is 0.693. The summed E-state index contributed by atoms with van der Waals surface area (Å²) in [5.74, 6) is 0.837. The molecule has 0 aliphatic carbocycles. The van der Waals surface area contributed by atoms with Crippen molar-refractivity contribution in [3.63, 3.8) is 0 Å². The first-order valence-corrected chi connectivity index (χ1v) is 6.06. The van der Waals surface area contributed by atoms with Crippen molar-refractivity contribution in [1.82, 2.24) is 0 Å². The predicted molar refractivity (Wildman–Crippen MR) is 74.3 cm³/mol. The zero-order valence-corrected chi connectivity index (χ0v) is 10.8. The monoisotopic (exact) mass is 325 g/mol. The molecular formula is C13H12INO. The van der Waals surface area contributed by atoms with Crippen molar-refractivity contribution in [3.05, 3.63) is 57.7 Å². The molecule has 2 rings (SSSR count). The molecule has 0 unspecified atom stereocenters. The Balaban J connectivity index is 2.08. The molecule has 0 saturated heterocycles. The molecule has 3 heteroatoms. The molecule has 0 heterocycles. The first-order valence-electron chi connectivity index (χ1n) is 4.98. The Hall–Kier alpha value is -1.23. The Morgan fingerprint density at radius 2 is 1.75 bits per heavy atom. The third kappa shape index (κ3) is 2.66. The van der Waals surface area contributed by atoms with Crippen molar-refractivity contribution in [2.45, 2.75) is 6.61 Å². The number of rotatable bonds is 3. The second-order valence-corrected chi connectivity index (χ2v) is 4.51. The van der Waals surface area contributed by atoms with Crippen LogP contribution in [0.15, 0.2) is 48.5 Å². The summed E-state index contributed by atoms with van der Waals surface area (Å²) in [6, 6.07) is 15.8. The van der Waals surface area contributed by atoms with E-state index in [-0.39, 0.29) is 0 Å². The van der Waals surface area contributed by atoms with E-state index in [1.54, 1.807) is 0 Å². The second kappa shape index (κ2) is 5.21. The van der Waals surface area contributed by atoms with E-state index in [1.807, 2.05) is 48.5 Å². The maximum Gasteiger partial charge on any atom is 0.135 e. The first-order chi connectivity index (χ1) is 7.77. The minimum absolute atomic E-state index is 0.570. The number of hydrogen-bond donors (Lipinski definition) is 1. The summed E-state index contributed by atoms with van der Waals surface area (Å²) in [5, 5.41) is 0. The minimum atomic E-state index is 0.570. The van der Waals surface area contributed by atoms with Gasteiger partial charge in [0.1, 0.15) is 12.4 Å². The van der Waals surface area contributed by atoms with Crippen LogP contribution in [-0.2, 0) is 6.61 Å². The predicted octanol–water partition coefficient (Wildman–Crippen LogP) is 3.45. The van der Waals surface area contributed by atoms with Gasteiger partial charge in [-0.05, 0) is 40.3 Å². The van der Waals surface area contributed by atoms with Gasteiger partial charge in [0.15, 0.2) is 0 Å². The maximum atomic E-state index is 5.80. The molecule has 2 aromatic rings. The van der Waals surface area contributed by atoms with Crippen LogP contribution >= 0.6 is 22.6 Å². The van der Waals surface area contributed by atoms with E-state index < -0.39 is 0 Å². The van der Waals surface area contributed by atoms with Crippen molar-refractivity contribution >= 4 is 28.3 Å². The topological polar surface area (TPSA) is 35.2 Å². The highest BCUT2D eigenvalue weighted by molar-refractivity contribution is 14.1. The van der Waals surface area contributed by atoms with Crippen LogP contribution < -0.4 is 10.5 Å². The van der Waals surface area contributed by atoms with Gasteiger partial charge in [0.2, 0.25) is 0 Å². The van der Waals surface area contributed by atoms with E-state index in [2.05, 4.69) is 22.6 Å². The summed E-state index contributed by atoms with van der Waals surface area (Å²) >= 11 is 2.20. The maximum absolute atomic E-state index is 5.80. The third-order valence-corrected chi connectivity index (χ3v) is 3.38. The van der Waals surface area contributed by atoms with Crippen LogP contribution in [0, 0.1) is 3.57 Å². The SMILES string of the molecule is Nc1cccc(OCc2ccccc2)c1I. The van der Waals surface area contributed by atoms with Gasteiger partial charge in [-0.15, -0.1) is 0 Å². The Morgan fingerprint density at radius 1 is 1.00 bits per heavy atom. The summed E-state index contributed by atoms with van der Waals surface area (Å²) in [7, 11) is 0. The summed E-state index contributed by atoms with van der Waals surface area (Å²) < 4.78 is 6.68. The van der Waals surface area contributed by atoms with Crippen LogP contribution in [0.1, 0.15) is 5.56 Å². The molecule has 0 aliphatic heterocycles. The van der Waals surface area contributed by atoms with Crippen LogP contribution in [0.3, 0.4) is 0 Å². The summed E-state index contributed by atoms with van der Waals surface area (Å²) in [4.78, 5) is 0. The number of halogens is 1. The van der Waals surface area contributed by atoms with Crippen molar-refractivity contribution in [2.24, 2.45) is 0 Å². The Bertz CT molecular complexity index is 471. The smallest absolute Gasteiger partial charge is 0.135 e. The number of hydrogen-bond acceptors (Lipinski definition) is 2. The van der Waals surface area contributed by atoms with Gasteiger partial charge in [0, 0.05) is 5.69 Å². The Kier molecular flexibility index (Phi) is 3.66. The molecule has 2 N–H and O–H groups in total. The molecule has 16 heavy (non-hydrogen) atoms. The molecule has 0 radical (unpaired) electrons. The molecule has 82 valence electrons. The van der Waals surface area contributed by atoms with Crippen LogP contribution in [0.4, 0.5) is 5.69 Å². The number of nitrogens with two attached hydrogens (primary N) is 1. The van der Waals surface area contributed by atoms with Gasteiger partial charge in [0.25, 0.3) is 0 Å². The number of nitrogen functional groups attached to an aromatic ring is 1. The summed E-state index contributed by atoms with van der Waals surface area (Å²) in [5.41, 5.74) is 7.71. The molecule has 0 atom stereocenters. The van der Waals surface area contributed by atoms with Crippen LogP contribution in [0.25, 0.3) is 0 Å². The van der Waals surface area contributed by atoms with E-state index in [4.69, 9.17) is 10.5 Å². The third-order valence-electron chi connectivity index (χ3n) is 2.23. The number of ether oxygens (including phenoxy) is 1. The van der Waals surface area contributed by atoms with E-state index in [0.717, 1.165) is 20.6 Å². The second-order valence-electron chi connectivity index (χ2n) is 3.43. The lowest BCUT2D eigenvalue weighted by molar-refractivity contribution is 0.304. The van der Waals surface area contributed by atoms with Gasteiger partial charge < -0.3 is 10.5 Å². The fraction of sp³-hybridized carbons (Fsp3) is 0.0769. The largest absolute Gasteiger partial charge is 0.488 e. The van der Waals surface area contributed by atoms with Gasteiger partial charge in [0.05, 0.1) is 3.57 Å². The molecule has 0 fully saturated rings. The Morgan fingerprint density at radius 3 is 2.50 bits per heavy atom. The highest BCUT2D eigenvalue weighted by atomic mass is 127. The van der Waals surface area contributed by atoms with Crippen LogP contribution in [0.2, 0.25) is 0 Å². The van der Waals surface area contributed by atoms with Crippen LogP contribution in [-0.4, -0.2) is 0 Å². The van der Waals surface area contributed by atoms with Crippen molar-refractivity contribution in [1.29, 1.82) is 0 Å². The minimum Gasteiger partial charge on any atom is -0.488 e. The van der Waals surface area contributed by atoms with Crippen molar-refractivity contribution in [3.8, 4) is 5.75 Å². The lowest BCUT2D eigenvalue weighted by Gasteiger charge is -2.09. The van der Waals surface area contributed by atoms with Gasteiger partial charge in [-0.25, -0.2) is 0 Å². The molecule has 0 amide bonds. The van der Waals surface area contributed by atoms with E-state index in [9.17, 15) is 0 Å². The van der Waals surface area contributed by atoms with Crippen molar-refractivity contribution < 1.29 is 4.74 Å². The molecule has 0 saturated carbocycles. The lowest BCUT2D eigenvalue weighted by atomic mass is 10.2. The molecule has 0 spiro atoms. The van der Waals surface area contributed by atoms with Gasteiger partial charge in [-0.2, -0.15) is 0 Å². The molecule has 0 aromatic heterocycles. The molecule has 2 nitrogen and oxygen atoms in total. The van der Waals surface area contributed by atoms with Crippen molar-refractivity contribution in [2.75, 3.05) is 5.73 Å². The average Bonchev–Trinajstić information content (AvgIpc) is 2.32. The van der Waals surface area contributed by atoms with E-state index >= 15 is 0 Å². The number of benzene rings is 2. The van der Waals surface area contributed by atoms with Gasteiger partial charge in [-0.3, -0.25) is 0 Å². The van der Waals surface area contributed by atoms with E-state index in [1.165, 1.54) is 0 Å². The first kappa shape index (κ1) is 11.3. The van der Waals surface area contributed by atoms with Gasteiger partial charge in [-0.1, -0.05) is 36.4 Å². The van der Waals surface area contributed by atoms with E-state index in [0.29, 0.717) is 6.61 Å². The highest BCUT2D eigenvalue weighted by Gasteiger charge is 2.03. The molecule has 0 aliphatic rings. The van der Waals surface area contributed by atoms with Crippen LogP contribution in [0.5, 0.6) is 5.75 Å². The summed E-state index contributed by atoms with van der Waals surface area (Å²) in [6.45, 7) is 0.570. The summed E-state index contributed by atoms with van der Waals surface area (Å²) in [6.07, 6.45) is 0. The average molecular weight is 325 g/mol. The van der Waals surface area contributed by atoms with Gasteiger partial charge >= 0.3 is 0 Å². The zero-order chi connectivity index (χ0) is 11.4. The Labute approximate surface area is 109 Å². The highest BCUT2D eigenvalue weighted by Crippen LogP contribution is 2.26. The molecule has 0 bridgehead atoms.